The van der Waals surface area contributed by atoms with Crippen LogP contribution in [0.25, 0.3) is 0 Å². The Labute approximate surface area is 563 Å². The molecule has 0 aromatic rings. The highest BCUT2D eigenvalue weighted by Crippen LogP contribution is 2.38. The zero-order valence-corrected chi connectivity index (χ0v) is 62.3. The summed E-state index contributed by atoms with van der Waals surface area (Å²) in [5.74, 6) is -0.202. The maximum atomic E-state index is 13.1. The summed E-state index contributed by atoms with van der Waals surface area (Å²) in [5, 5.41) is 14.0. The average molecular weight is 1290 g/mol. The number of allylic oxidation sites excluding steroid dienone is 5. The number of nitrogens with zero attached hydrogens (tertiary/aromatic N) is 1. The van der Waals surface area contributed by atoms with Gasteiger partial charge in [-0.2, -0.15) is 0 Å². The lowest BCUT2D eigenvalue weighted by Gasteiger charge is -2.29. The number of carbonyl (C=O) groups excluding carboxylic acids is 1. The Morgan fingerprint density at radius 1 is 0.378 bits per heavy atom. The van der Waals surface area contributed by atoms with Crippen molar-refractivity contribution in [2.75, 3.05) is 40.9 Å². The second kappa shape index (κ2) is 72.0. The van der Waals surface area contributed by atoms with Gasteiger partial charge in [0.15, 0.2) is 0 Å². The van der Waals surface area contributed by atoms with Crippen LogP contribution in [0.15, 0.2) is 36.5 Å². The molecule has 0 saturated carbocycles. The lowest BCUT2D eigenvalue weighted by Crippen LogP contribution is -2.45. The fraction of sp³-hybridized carbons (Fsp3) is 0.914. The van der Waals surface area contributed by atoms with Gasteiger partial charge in [-0.05, 0) is 44.9 Å². The Kier molecular flexibility index (Phi) is 71.0. The van der Waals surface area contributed by atoms with Crippen molar-refractivity contribution >= 4 is 13.7 Å². The average Bonchev–Trinajstić information content (AvgIpc) is 3.39. The maximum Gasteiger partial charge on any atom is 0.268 e. The highest BCUT2D eigenvalue weighted by molar-refractivity contribution is 7.45. The second-order valence-corrected chi connectivity index (χ2v) is 30.5. The van der Waals surface area contributed by atoms with Crippen molar-refractivity contribution in [1.82, 2.24) is 5.32 Å². The standard InChI is InChI=1S/C81H159N2O6P/c1-6-8-10-12-14-16-18-20-22-24-26-28-30-32-34-35-36-37-38-39-40-41-42-43-44-45-46-47-49-51-53-55-57-59-61-63-65-67-69-71-73-75-81(85)82-79(78-89-90(86,87)88-77-76-83(3,4)5)80(84)74-72-70-68-66-64-62-60-58-56-54-52-50-48-33-31-29-27-25-23-21-19-17-15-13-11-9-7-2/h56,58,64,66,72,74,79-80,84H,6-55,57,59-63,65,67-71,73,75-78H2,1-5H3,(H-,82,85,86,87)/b58-56+,66-64+,74-72+. The molecule has 0 saturated heterocycles. The van der Waals surface area contributed by atoms with Crippen molar-refractivity contribution in [2.45, 2.75) is 437 Å². The van der Waals surface area contributed by atoms with Gasteiger partial charge in [-0.1, -0.05) is 410 Å². The smallest absolute Gasteiger partial charge is 0.268 e. The predicted octanol–water partition coefficient (Wildman–Crippen LogP) is 25.7. The van der Waals surface area contributed by atoms with Crippen LogP contribution in [0, 0.1) is 0 Å². The van der Waals surface area contributed by atoms with Crippen molar-refractivity contribution in [3.8, 4) is 0 Å². The van der Waals surface area contributed by atoms with Crippen LogP contribution in [-0.2, 0) is 18.4 Å². The molecule has 0 aromatic heterocycles. The monoisotopic (exact) mass is 1290 g/mol. The largest absolute Gasteiger partial charge is 0.756 e. The van der Waals surface area contributed by atoms with Crippen molar-refractivity contribution in [1.29, 1.82) is 0 Å². The number of phosphoric ester groups is 1. The van der Waals surface area contributed by atoms with Gasteiger partial charge in [-0.25, -0.2) is 0 Å². The molecule has 3 unspecified atom stereocenters. The van der Waals surface area contributed by atoms with E-state index in [2.05, 4.69) is 43.5 Å². The summed E-state index contributed by atoms with van der Waals surface area (Å²) >= 11 is 0. The van der Waals surface area contributed by atoms with Crippen molar-refractivity contribution in [2.24, 2.45) is 0 Å². The van der Waals surface area contributed by atoms with Gasteiger partial charge >= 0.3 is 0 Å². The number of unbranched alkanes of at least 4 members (excludes halogenated alkanes) is 59. The lowest BCUT2D eigenvalue weighted by atomic mass is 10.0. The molecule has 2 N–H and O–H groups in total. The number of hydrogen-bond acceptors (Lipinski definition) is 6. The molecule has 0 aliphatic rings. The lowest BCUT2D eigenvalue weighted by molar-refractivity contribution is -0.870. The summed E-state index contributed by atoms with van der Waals surface area (Å²) < 4.78 is 23.5. The topological polar surface area (TPSA) is 108 Å². The van der Waals surface area contributed by atoms with Gasteiger partial charge in [0.1, 0.15) is 13.2 Å². The van der Waals surface area contributed by atoms with E-state index in [1.54, 1.807) is 6.08 Å². The normalized spacial score (nSPS) is 13.6. The second-order valence-electron chi connectivity index (χ2n) is 29.1. The number of nitrogens with one attached hydrogen (secondary N) is 1. The minimum Gasteiger partial charge on any atom is -0.756 e. The van der Waals surface area contributed by atoms with Crippen LogP contribution in [-0.4, -0.2) is 68.5 Å². The number of amides is 1. The highest BCUT2D eigenvalue weighted by atomic mass is 31.2. The third kappa shape index (κ3) is 74.1. The highest BCUT2D eigenvalue weighted by Gasteiger charge is 2.23. The SMILES string of the molecule is CCCCCCCCCCCCCCCCCCC/C=C/CC/C=C/CC/C=C/C(O)C(COP(=O)([O-])OCC[N+](C)(C)C)NC(=O)CCCCCCCCCCCCCCCCCCCCCCCCCCCCCCCCCCCCCCCCCCC. The van der Waals surface area contributed by atoms with Crippen molar-refractivity contribution < 1.29 is 32.9 Å². The summed E-state index contributed by atoms with van der Waals surface area (Å²) in [4.78, 5) is 25.7. The zero-order chi connectivity index (χ0) is 65.5. The van der Waals surface area contributed by atoms with Crippen molar-refractivity contribution in [3.63, 3.8) is 0 Å². The van der Waals surface area contributed by atoms with Gasteiger partial charge in [0, 0.05) is 6.42 Å². The maximum absolute atomic E-state index is 13.1. The fourth-order valence-electron chi connectivity index (χ4n) is 12.6. The third-order valence-corrected chi connectivity index (χ3v) is 19.8. The Hall–Kier alpha value is -1.28. The summed E-state index contributed by atoms with van der Waals surface area (Å²) in [6.07, 6.45) is 97.7. The molecule has 0 heterocycles. The molecule has 0 fully saturated rings. The predicted molar refractivity (Wildman–Crippen MR) is 395 cm³/mol. The van der Waals surface area contributed by atoms with E-state index in [0.29, 0.717) is 17.4 Å². The van der Waals surface area contributed by atoms with Crippen LogP contribution in [0.2, 0.25) is 0 Å². The molecule has 0 aliphatic heterocycles. The minimum atomic E-state index is -4.62. The summed E-state index contributed by atoms with van der Waals surface area (Å²) in [7, 11) is 1.25. The molecule has 534 valence electrons. The first-order valence-electron chi connectivity index (χ1n) is 40.4. The molecule has 9 heteroatoms. The molecule has 90 heavy (non-hydrogen) atoms. The number of likely N-dealkylation sites (N-methyl/N-ethyl adjacent to an activating group) is 1. The first kappa shape index (κ1) is 88.7. The van der Waals surface area contributed by atoms with E-state index in [9.17, 15) is 19.4 Å². The number of aliphatic hydroxyl groups is 1. The molecule has 1 amide bonds. The Balaban J connectivity index is 3.93. The Morgan fingerprint density at radius 2 is 0.622 bits per heavy atom. The number of carbonyl (C=O) groups is 1. The van der Waals surface area contributed by atoms with E-state index >= 15 is 0 Å². The fourth-order valence-corrected chi connectivity index (χ4v) is 13.3. The van der Waals surface area contributed by atoms with Crippen LogP contribution in [0.5, 0.6) is 0 Å². The Bertz CT molecular complexity index is 1560. The van der Waals surface area contributed by atoms with E-state index in [0.717, 1.165) is 44.9 Å². The molecule has 0 bridgehead atoms. The van der Waals surface area contributed by atoms with Gasteiger partial charge in [0.25, 0.3) is 7.82 Å². The molecular weight excluding hydrogens is 1130 g/mol. The molecule has 8 nitrogen and oxygen atoms in total. The first-order valence-corrected chi connectivity index (χ1v) is 41.8. The van der Waals surface area contributed by atoms with Crippen LogP contribution in [0.1, 0.15) is 425 Å². The number of aliphatic hydroxyl groups excluding tert-OH is 1. The van der Waals surface area contributed by atoms with Crippen LogP contribution in [0.4, 0.5) is 0 Å². The molecule has 3 atom stereocenters. The van der Waals surface area contributed by atoms with Gasteiger partial charge < -0.3 is 28.8 Å². The van der Waals surface area contributed by atoms with Gasteiger partial charge in [0.2, 0.25) is 5.91 Å². The molecule has 0 radical (unpaired) electrons. The minimum absolute atomic E-state index is 0.00696. The quantitative estimate of drug-likeness (QED) is 0.0272. The van der Waals surface area contributed by atoms with Crippen LogP contribution in [0.3, 0.4) is 0 Å². The number of quaternary nitrogens is 1. The van der Waals surface area contributed by atoms with Gasteiger partial charge in [0.05, 0.1) is 39.9 Å². The first-order chi connectivity index (χ1) is 44.0. The van der Waals surface area contributed by atoms with E-state index < -0.39 is 26.6 Å². The van der Waals surface area contributed by atoms with E-state index in [1.807, 2.05) is 27.2 Å². The number of rotatable bonds is 76. The zero-order valence-electron chi connectivity index (χ0n) is 61.4. The third-order valence-electron chi connectivity index (χ3n) is 18.8. The number of hydrogen-bond donors (Lipinski definition) is 2. The Morgan fingerprint density at radius 3 is 0.900 bits per heavy atom. The van der Waals surface area contributed by atoms with Crippen molar-refractivity contribution in [3.05, 3.63) is 36.5 Å². The summed E-state index contributed by atoms with van der Waals surface area (Å²) in [6.45, 7) is 4.69. The van der Waals surface area contributed by atoms with Gasteiger partial charge in [-0.3, -0.25) is 9.36 Å². The van der Waals surface area contributed by atoms with E-state index in [4.69, 9.17) is 9.05 Å². The number of phosphoric acid groups is 1. The molecular formula is C81H159N2O6P. The van der Waals surface area contributed by atoms with Crippen LogP contribution >= 0.6 is 7.82 Å². The molecule has 0 aromatic carbocycles. The molecule has 0 spiro atoms. The van der Waals surface area contributed by atoms with E-state index in [1.165, 1.54) is 360 Å². The summed E-state index contributed by atoms with van der Waals surface area (Å²) in [6, 6.07) is -0.910. The molecule has 0 aliphatic carbocycles. The van der Waals surface area contributed by atoms with E-state index in [-0.39, 0.29) is 12.5 Å². The van der Waals surface area contributed by atoms with Gasteiger partial charge in [-0.15, -0.1) is 0 Å². The summed E-state index contributed by atoms with van der Waals surface area (Å²) in [5.41, 5.74) is 0. The van der Waals surface area contributed by atoms with Crippen LogP contribution < -0.4 is 10.2 Å². The molecule has 0 rings (SSSR count).